The number of rotatable bonds is 2. The van der Waals surface area contributed by atoms with Gasteiger partial charge in [0.25, 0.3) is 5.91 Å². The number of fused-ring (bicyclic) bond motifs is 1. The molecule has 26 heavy (non-hydrogen) atoms. The smallest absolute Gasteiger partial charge is 0.257 e. The van der Waals surface area contributed by atoms with Crippen LogP contribution in [0.25, 0.3) is 0 Å². The predicted octanol–water partition coefficient (Wildman–Crippen LogP) is 5.27. The zero-order valence-corrected chi connectivity index (χ0v) is 14.8. The Morgan fingerprint density at radius 1 is 0.962 bits per heavy atom. The number of hydrogen-bond acceptors (Lipinski definition) is 1. The van der Waals surface area contributed by atoms with Gasteiger partial charge < -0.3 is 4.90 Å². The van der Waals surface area contributed by atoms with E-state index in [4.69, 9.17) is 11.6 Å². The Bertz CT molecular complexity index is 954. The van der Waals surface area contributed by atoms with Crippen molar-refractivity contribution in [1.82, 2.24) is 4.90 Å². The molecule has 1 aliphatic rings. The summed E-state index contributed by atoms with van der Waals surface area (Å²) in [5.74, 6) is -0.788. The highest BCUT2D eigenvalue weighted by Gasteiger charge is 2.33. The number of halogens is 2. The number of carbonyl (C=O) groups is 1. The quantitative estimate of drug-likeness (QED) is 0.606. The molecule has 130 valence electrons. The highest BCUT2D eigenvalue weighted by atomic mass is 35.5. The summed E-state index contributed by atoms with van der Waals surface area (Å²) in [4.78, 5) is 14.9. The molecule has 0 fully saturated rings. The van der Waals surface area contributed by atoms with E-state index in [1.807, 2.05) is 42.5 Å². The van der Waals surface area contributed by atoms with Gasteiger partial charge in [0.15, 0.2) is 0 Å². The maximum Gasteiger partial charge on any atom is 0.257 e. The molecule has 4 heteroatoms. The van der Waals surface area contributed by atoms with Gasteiger partial charge in [-0.1, -0.05) is 60.1 Å². The maximum absolute atomic E-state index is 14.2. The number of carbonyl (C=O) groups excluding carboxylic acids is 1. The zero-order chi connectivity index (χ0) is 18.1. The van der Waals surface area contributed by atoms with Gasteiger partial charge in [0.05, 0.1) is 11.6 Å². The van der Waals surface area contributed by atoms with Crippen molar-refractivity contribution < 1.29 is 9.18 Å². The maximum atomic E-state index is 14.2. The Morgan fingerprint density at radius 2 is 1.65 bits per heavy atom. The van der Waals surface area contributed by atoms with E-state index in [1.165, 1.54) is 17.7 Å². The van der Waals surface area contributed by atoms with Crippen LogP contribution < -0.4 is 0 Å². The van der Waals surface area contributed by atoms with Crippen molar-refractivity contribution >= 4 is 17.5 Å². The lowest BCUT2D eigenvalue weighted by atomic mass is 9.87. The second kappa shape index (κ2) is 6.93. The van der Waals surface area contributed by atoms with E-state index in [0.29, 0.717) is 11.6 Å². The first-order valence-electron chi connectivity index (χ1n) is 8.54. The van der Waals surface area contributed by atoms with E-state index < -0.39 is 5.82 Å². The molecule has 0 saturated carbocycles. The number of amides is 1. The molecule has 0 N–H and O–H groups in total. The van der Waals surface area contributed by atoms with Crippen LogP contribution in [0.3, 0.4) is 0 Å². The van der Waals surface area contributed by atoms with Crippen molar-refractivity contribution in [2.24, 2.45) is 0 Å². The summed E-state index contributed by atoms with van der Waals surface area (Å²) in [5, 5.41) is 0.643. The van der Waals surface area contributed by atoms with Gasteiger partial charge >= 0.3 is 0 Å². The molecule has 0 bridgehead atoms. The van der Waals surface area contributed by atoms with Gasteiger partial charge in [0, 0.05) is 11.6 Å². The molecule has 1 atom stereocenters. The Morgan fingerprint density at radius 3 is 2.42 bits per heavy atom. The van der Waals surface area contributed by atoms with Crippen LogP contribution in [-0.4, -0.2) is 17.4 Å². The molecule has 1 heterocycles. The fourth-order valence-electron chi connectivity index (χ4n) is 3.58. The Kier molecular flexibility index (Phi) is 4.48. The largest absolute Gasteiger partial charge is 0.327 e. The van der Waals surface area contributed by atoms with Gasteiger partial charge in [-0.2, -0.15) is 0 Å². The third-order valence-electron chi connectivity index (χ3n) is 4.83. The molecule has 1 amide bonds. The lowest BCUT2D eigenvalue weighted by Gasteiger charge is -2.38. The molecule has 0 aliphatic carbocycles. The van der Waals surface area contributed by atoms with Crippen LogP contribution in [0, 0.1) is 5.82 Å². The minimum Gasteiger partial charge on any atom is -0.327 e. The zero-order valence-electron chi connectivity index (χ0n) is 14.0. The Hall–Kier alpha value is -2.65. The van der Waals surface area contributed by atoms with Crippen LogP contribution in [0.1, 0.15) is 33.1 Å². The van der Waals surface area contributed by atoms with Crippen LogP contribution in [0.4, 0.5) is 4.39 Å². The van der Waals surface area contributed by atoms with E-state index in [9.17, 15) is 9.18 Å². The van der Waals surface area contributed by atoms with Gasteiger partial charge in [-0.05, 0) is 47.4 Å². The summed E-state index contributed by atoms with van der Waals surface area (Å²) < 4.78 is 14.2. The fraction of sp³-hybridized carbons (Fsp3) is 0.136. The Labute approximate surface area is 156 Å². The summed E-state index contributed by atoms with van der Waals surface area (Å²) in [6.07, 6.45) is 0.750. The standard InChI is InChI=1S/C22H17ClFNO/c23-17-11-9-16(10-12-17)21-18-6-2-1-5-15(18)13-14-25(21)22(26)19-7-3-4-8-20(19)24/h1-12,21H,13-14H2/t21-/m1/s1. The van der Waals surface area contributed by atoms with Crippen LogP contribution >= 0.6 is 11.6 Å². The molecule has 0 unspecified atom stereocenters. The summed E-state index contributed by atoms with van der Waals surface area (Å²) >= 11 is 6.04. The molecule has 0 radical (unpaired) electrons. The van der Waals surface area contributed by atoms with Gasteiger partial charge in [0.1, 0.15) is 5.82 Å². The van der Waals surface area contributed by atoms with E-state index in [1.54, 1.807) is 17.0 Å². The molecule has 3 aromatic rings. The van der Waals surface area contributed by atoms with Crippen molar-refractivity contribution in [3.8, 4) is 0 Å². The van der Waals surface area contributed by atoms with Crippen molar-refractivity contribution in [3.05, 3.63) is 106 Å². The number of hydrogen-bond donors (Lipinski definition) is 0. The highest BCUT2D eigenvalue weighted by molar-refractivity contribution is 6.30. The van der Waals surface area contributed by atoms with Crippen LogP contribution in [-0.2, 0) is 6.42 Å². The molecule has 0 saturated heterocycles. The molecular formula is C22H17ClFNO. The second-order valence-electron chi connectivity index (χ2n) is 6.38. The van der Waals surface area contributed by atoms with E-state index in [2.05, 4.69) is 6.07 Å². The first kappa shape index (κ1) is 16.8. The van der Waals surface area contributed by atoms with Crippen molar-refractivity contribution in [3.63, 3.8) is 0 Å². The third-order valence-corrected chi connectivity index (χ3v) is 5.09. The first-order valence-corrected chi connectivity index (χ1v) is 8.92. The van der Waals surface area contributed by atoms with Gasteiger partial charge in [0.2, 0.25) is 0 Å². The minimum atomic E-state index is -0.494. The van der Waals surface area contributed by atoms with E-state index in [0.717, 1.165) is 17.5 Å². The summed E-state index contributed by atoms with van der Waals surface area (Å²) in [7, 11) is 0. The van der Waals surface area contributed by atoms with Crippen molar-refractivity contribution in [1.29, 1.82) is 0 Å². The normalized spacial score (nSPS) is 16.2. The molecule has 4 rings (SSSR count). The molecule has 2 nitrogen and oxygen atoms in total. The van der Waals surface area contributed by atoms with Gasteiger partial charge in [-0.15, -0.1) is 0 Å². The molecule has 0 spiro atoms. The molecular weight excluding hydrogens is 349 g/mol. The monoisotopic (exact) mass is 365 g/mol. The first-order chi connectivity index (χ1) is 12.6. The van der Waals surface area contributed by atoms with Crippen molar-refractivity contribution in [2.75, 3.05) is 6.54 Å². The minimum absolute atomic E-state index is 0.103. The van der Waals surface area contributed by atoms with Crippen LogP contribution in [0.5, 0.6) is 0 Å². The molecule has 1 aliphatic heterocycles. The van der Waals surface area contributed by atoms with Gasteiger partial charge in [-0.3, -0.25) is 4.79 Å². The SMILES string of the molecule is O=C(c1ccccc1F)N1CCc2ccccc2[C@H]1c1ccc(Cl)cc1. The average molecular weight is 366 g/mol. The van der Waals surface area contributed by atoms with E-state index in [-0.39, 0.29) is 17.5 Å². The van der Waals surface area contributed by atoms with Crippen LogP contribution in [0.15, 0.2) is 72.8 Å². The molecule has 3 aromatic carbocycles. The number of nitrogens with zero attached hydrogens (tertiary/aromatic N) is 1. The third kappa shape index (κ3) is 2.99. The molecule has 0 aromatic heterocycles. The summed E-state index contributed by atoms with van der Waals surface area (Å²) in [6.45, 7) is 0.539. The highest BCUT2D eigenvalue weighted by Crippen LogP contribution is 2.36. The van der Waals surface area contributed by atoms with Crippen molar-refractivity contribution in [2.45, 2.75) is 12.5 Å². The Balaban J connectivity index is 1.82. The lowest BCUT2D eigenvalue weighted by Crippen LogP contribution is -2.41. The number of benzene rings is 3. The second-order valence-corrected chi connectivity index (χ2v) is 6.82. The summed E-state index contributed by atoms with van der Waals surface area (Å²) in [5.41, 5.74) is 3.35. The fourth-order valence-corrected chi connectivity index (χ4v) is 3.71. The van der Waals surface area contributed by atoms with Crippen LogP contribution in [0.2, 0.25) is 5.02 Å². The predicted molar refractivity (Wildman–Crippen MR) is 101 cm³/mol. The summed E-state index contributed by atoms with van der Waals surface area (Å²) in [6, 6.07) is 21.5. The van der Waals surface area contributed by atoms with E-state index >= 15 is 0 Å². The topological polar surface area (TPSA) is 20.3 Å². The average Bonchev–Trinajstić information content (AvgIpc) is 2.68. The lowest BCUT2D eigenvalue weighted by molar-refractivity contribution is 0.0690. The van der Waals surface area contributed by atoms with Gasteiger partial charge in [-0.25, -0.2) is 4.39 Å².